The highest BCUT2D eigenvalue weighted by Crippen LogP contribution is 2.32. The lowest BCUT2D eigenvalue weighted by Gasteiger charge is -2.35. The Morgan fingerprint density at radius 1 is 0.837 bits per heavy atom. The second kappa shape index (κ2) is 12.8. The Morgan fingerprint density at radius 2 is 1.44 bits per heavy atom. The molecule has 3 aliphatic rings. The molecule has 0 atom stereocenters. The number of rotatable bonds is 9. The van der Waals surface area contributed by atoms with E-state index in [0.717, 1.165) is 13.1 Å². The number of ether oxygens (including phenoxy) is 3. The van der Waals surface area contributed by atoms with Gasteiger partial charge in [-0.2, -0.15) is 19.3 Å². The molecule has 3 aliphatic heterocycles. The smallest absolute Gasteiger partial charge is 0.296 e. The Kier molecular flexibility index (Phi) is 8.85. The number of piperazine rings is 1. The summed E-state index contributed by atoms with van der Waals surface area (Å²) in [5.74, 6) is 0.485. The van der Waals surface area contributed by atoms with Crippen LogP contribution in [-0.2, 0) is 19.5 Å². The molecule has 3 aromatic rings. The molecule has 0 spiro atoms. The number of fused-ring (bicyclic) bond motifs is 1. The summed E-state index contributed by atoms with van der Waals surface area (Å²) in [6, 6.07) is 5.01. The van der Waals surface area contributed by atoms with Crippen LogP contribution in [0, 0.1) is 0 Å². The molecule has 0 aliphatic carbocycles. The van der Waals surface area contributed by atoms with E-state index in [0.29, 0.717) is 76.4 Å². The van der Waals surface area contributed by atoms with E-state index in [9.17, 15) is 17.2 Å². The topological polar surface area (TPSA) is 131 Å². The van der Waals surface area contributed by atoms with Crippen molar-refractivity contribution in [1.29, 1.82) is 0 Å². The first kappa shape index (κ1) is 29.8. The van der Waals surface area contributed by atoms with Gasteiger partial charge in [0.1, 0.15) is 11.3 Å². The molecule has 0 N–H and O–H groups in total. The summed E-state index contributed by atoms with van der Waals surface area (Å²) < 4.78 is 73.8. The van der Waals surface area contributed by atoms with Crippen molar-refractivity contribution in [2.45, 2.75) is 6.43 Å². The zero-order chi connectivity index (χ0) is 30.0. The standard InChI is InChI=1S/C26H35F2N9O5S/c1-40-20-4-2-3-19-21(20)29-23(22(27)28)37(19)26-31-24(30-25(32-26)35-11-16-42-17-12-35)34-5-7-36(8-6-34)43(38,39)18-13-33-9-14-41-15-10-33/h2-4,22H,5-18H2,1H3. The molecule has 17 heteroatoms. The molecule has 6 rings (SSSR count). The normalized spacial score (nSPS) is 19.4. The van der Waals surface area contributed by atoms with Gasteiger partial charge in [-0.1, -0.05) is 6.07 Å². The van der Waals surface area contributed by atoms with Gasteiger partial charge in [-0.3, -0.25) is 9.47 Å². The molecule has 43 heavy (non-hydrogen) atoms. The molecule has 0 bridgehead atoms. The predicted octanol–water partition coefficient (Wildman–Crippen LogP) is 0.777. The maximum atomic E-state index is 14.3. The third-order valence-electron chi connectivity index (χ3n) is 7.87. The van der Waals surface area contributed by atoms with Crippen molar-refractivity contribution in [2.75, 3.05) is 108 Å². The second-order valence-electron chi connectivity index (χ2n) is 10.4. The number of hydrogen-bond acceptors (Lipinski definition) is 12. The van der Waals surface area contributed by atoms with E-state index in [1.54, 1.807) is 18.2 Å². The number of morpholine rings is 2. The van der Waals surface area contributed by atoms with Crippen LogP contribution < -0.4 is 14.5 Å². The van der Waals surface area contributed by atoms with Crippen molar-refractivity contribution < 1.29 is 31.4 Å². The van der Waals surface area contributed by atoms with Crippen LogP contribution in [0.25, 0.3) is 17.0 Å². The van der Waals surface area contributed by atoms with Gasteiger partial charge >= 0.3 is 0 Å². The van der Waals surface area contributed by atoms with E-state index in [-0.39, 0.29) is 36.3 Å². The van der Waals surface area contributed by atoms with Gasteiger partial charge in [0.25, 0.3) is 6.43 Å². The van der Waals surface area contributed by atoms with Crippen molar-refractivity contribution in [3.63, 3.8) is 0 Å². The highest BCUT2D eigenvalue weighted by Gasteiger charge is 2.31. The zero-order valence-electron chi connectivity index (χ0n) is 23.9. The number of hydrogen-bond donors (Lipinski definition) is 0. The number of halogens is 2. The SMILES string of the molecule is COc1cccc2c1nc(C(F)F)n2-c1nc(N2CCOCC2)nc(N2CCN(S(=O)(=O)CCN3CCOCC3)CC2)n1. The Bertz CT molecular complexity index is 1520. The molecule has 2 aromatic heterocycles. The lowest BCUT2D eigenvalue weighted by atomic mass is 10.3. The van der Waals surface area contributed by atoms with Crippen molar-refractivity contribution in [2.24, 2.45) is 0 Å². The first-order valence-electron chi connectivity index (χ1n) is 14.3. The second-order valence-corrected chi connectivity index (χ2v) is 12.5. The molecule has 0 saturated carbocycles. The Labute approximate surface area is 248 Å². The van der Waals surface area contributed by atoms with Crippen molar-refractivity contribution >= 4 is 33.0 Å². The number of anilines is 2. The summed E-state index contributed by atoms with van der Waals surface area (Å²) >= 11 is 0. The molecule has 234 valence electrons. The quantitative estimate of drug-likeness (QED) is 0.334. The first-order valence-corrected chi connectivity index (χ1v) is 15.9. The van der Waals surface area contributed by atoms with Gasteiger partial charge in [0, 0.05) is 58.9 Å². The fourth-order valence-electron chi connectivity index (χ4n) is 5.47. The average molecular weight is 624 g/mol. The highest BCUT2D eigenvalue weighted by atomic mass is 32.2. The number of alkyl halides is 2. The van der Waals surface area contributed by atoms with Crippen molar-refractivity contribution in [3.05, 3.63) is 24.0 Å². The van der Waals surface area contributed by atoms with Gasteiger partial charge in [0.15, 0.2) is 5.82 Å². The molecular weight excluding hydrogens is 588 g/mol. The van der Waals surface area contributed by atoms with Crippen LogP contribution in [-0.4, -0.2) is 140 Å². The summed E-state index contributed by atoms with van der Waals surface area (Å²) in [5, 5.41) is 0. The van der Waals surface area contributed by atoms with Gasteiger partial charge in [0.2, 0.25) is 27.9 Å². The molecule has 0 radical (unpaired) electrons. The van der Waals surface area contributed by atoms with Gasteiger partial charge in [-0.25, -0.2) is 22.2 Å². The lowest BCUT2D eigenvalue weighted by Crippen LogP contribution is -2.51. The molecule has 5 heterocycles. The Hall–Kier alpha value is -3.25. The molecule has 0 amide bonds. The fraction of sp³-hybridized carbons (Fsp3) is 0.615. The lowest BCUT2D eigenvalue weighted by molar-refractivity contribution is 0.0407. The van der Waals surface area contributed by atoms with Crippen LogP contribution in [0.1, 0.15) is 12.2 Å². The van der Waals surface area contributed by atoms with E-state index in [1.807, 2.05) is 9.80 Å². The summed E-state index contributed by atoms with van der Waals surface area (Å²) in [4.78, 5) is 24.0. The maximum Gasteiger partial charge on any atom is 0.296 e. The number of benzene rings is 1. The average Bonchev–Trinajstić information content (AvgIpc) is 3.45. The number of imidazole rings is 1. The van der Waals surface area contributed by atoms with E-state index >= 15 is 0 Å². The highest BCUT2D eigenvalue weighted by molar-refractivity contribution is 7.89. The van der Waals surface area contributed by atoms with Crippen molar-refractivity contribution in [1.82, 2.24) is 33.7 Å². The third-order valence-corrected chi connectivity index (χ3v) is 9.72. The number of para-hydroxylation sites is 1. The summed E-state index contributed by atoms with van der Waals surface area (Å²) in [6.07, 6.45) is -2.91. The monoisotopic (exact) mass is 623 g/mol. The molecule has 3 saturated heterocycles. The van der Waals surface area contributed by atoms with Crippen LogP contribution in [0.3, 0.4) is 0 Å². The van der Waals surface area contributed by atoms with E-state index in [2.05, 4.69) is 19.9 Å². The number of methoxy groups -OCH3 is 1. The van der Waals surface area contributed by atoms with E-state index in [1.165, 1.54) is 16.0 Å². The zero-order valence-corrected chi connectivity index (χ0v) is 24.8. The minimum absolute atomic E-state index is 0.00175. The number of sulfonamides is 1. The fourth-order valence-corrected chi connectivity index (χ4v) is 6.93. The first-order chi connectivity index (χ1) is 20.8. The third kappa shape index (κ3) is 6.35. The predicted molar refractivity (Wildman–Crippen MR) is 154 cm³/mol. The number of nitrogens with zero attached hydrogens (tertiary/aromatic N) is 9. The Balaban J connectivity index is 1.29. The van der Waals surface area contributed by atoms with E-state index in [4.69, 9.17) is 19.2 Å². The van der Waals surface area contributed by atoms with Crippen molar-refractivity contribution in [3.8, 4) is 11.7 Å². The van der Waals surface area contributed by atoms with Gasteiger partial charge < -0.3 is 24.0 Å². The molecule has 14 nitrogen and oxygen atoms in total. The minimum Gasteiger partial charge on any atom is -0.494 e. The van der Waals surface area contributed by atoms with Gasteiger partial charge in [0.05, 0.1) is 44.8 Å². The van der Waals surface area contributed by atoms with Gasteiger partial charge in [-0.15, -0.1) is 0 Å². The molecule has 0 unspecified atom stereocenters. The molecule has 1 aromatic carbocycles. The van der Waals surface area contributed by atoms with Crippen LogP contribution in [0.15, 0.2) is 18.2 Å². The molecular formula is C26H35F2N9O5S. The summed E-state index contributed by atoms with van der Waals surface area (Å²) in [7, 11) is -2.01. The van der Waals surface area contributed by atoms with Crippen LogP contribution in [0.2, 0.25) is 0 Å². The number of aromatic nitrogens is 5. The van der Waals surface area contributed by atoms with Gasteiger partial charge in [-0.05, 0) is 12.1 Å². The maximum absolute atomic E-state index is 14.3. The largest absolute Gasteiger partial charge is 0.494 e. The summed E-state index contributed by atoms with van der Waals surface area (Å²) in [6.45, 7) is 6.33. The van der Waals surface area contributed by atoms with Crippen LogP contribution in [0.5, 0.6) is 5.75 Å². The van der Waals surface area contributed by atoms with E-state index < -0.39 is 22.3 Å². The summed E-state index contributed by atoms with van der Waals surface area (Å²) in [5.41, 5.74) is 0.641. The van der Waals surface area contributed by atoms with Crippen LogP contribution in [0.4, 0.5) is 20.7 Å². The molecule has 3 fully saturated rings. The minimum atomic E-state index is -3.46. The van der Waals surface area contributed by atoms with Crippen LogP contribution >= 0.6 is 0 Å². The Morgan fingerprint density at radius 3 is 2.07 bits per heavy atom.